The van der Waals surface area contributed by atoms with Gasteiger partial charge in [-0.3, -0.25) is 0 Å². The Hall–Kier alpha value is -0.820. The van der Waals surface area contributed by atoms with E-state index in [1.54, 1.807) is 0 Å². The minimum absolute atomic E-state index is 0.791. The van der Waals surface area contributed by atoms with Gasteiger partial charge < -0.3 is 5.32 Å². The van der Waals surface area contributed by atoms with Gasteiger partial charge in [0, 0.05) is 0 Å². The van der Waals surface area contributed by atoms with Crippen molar-refractivity contribution in [3.05, 3.63) is 35.9 Å². The van der Waals surface area contributed by atoms with Gasteiger partial charge in [-0.25, -0.2) is 0 Å². The van der Waals surface area contributed by atoms with Crippen LogP contribution in [-0.4, -0.2) is 13.1 Å². The molecule has 1 aromatic rings. The molecular weight excluding hydrogens is 194 g/mol. The van der Waals surface area contributed by atoms with Crippen LogP contribution in [-0.2, 0) is 6.42 Å². The van der Waals surface area contributed by atoms with E-state index in [2.05, 4.69) is 49.5 Å². The largest absolute Gasteiger partial charge is 0.316 e. The predicted molar refractivity (Wildman–Crippen MR) is 71.7 cm³/mol. The standard InChI is InChI=1S/C15H25N/c1-3-8-15(13-16-11-4-2)12-14-9-6-5-7-10-14/h5-7,9-10,15-16H,3-4,8,11-13H2,1-2H3. The first-order valence-corrected chi connectivity index (χ1v) is 6.61. The molecule has 0 heterocycles. The fourth-order valence-corrected chi connectivity index (χ4v) is 2.11. The smallest absolute Gasteiger partial charge is 0.00173 e. The topological polar surface area (TPSA) is 12.0 Å². The van der Waals surface area contributed by atoms with Gasteiger partial charge in [0.1, 0.15) is 0 Å². The van der Waals surface area contributed by atoms with Gasteiger partial charge in [0.05, 0.1) is 0 Å². The normalized spacial score (nSPS) is 12.6. The lowest BCUT2D eigenvalue weighted by Gasteiger charge is -2.16. The molecule has 0 saturated carbocycles. The SMILES string of the molecule is CCCNCC(CCC)Cc1ccccc1. The quantitative estimate of drug-likeness (QED) is 0.658. The average Bonchev–Trinajstić information content (AvgIpc) is 2.31. The summed E-state index contributed by atoms with van der Waals surface area (Å²) in [6.07, 6.45) is 5.05. The summed E-state index contributed by atoms with van der Waals surface area (Å²) in [5, 5.41) is 3.54. The molecule has 16 heavy (non-hydrogen) atoms. The van der Waals surface area contributed by atoms with E-state index in [9.17, 15) is 0 Å². The maximum absolute atomic E-state index is 3.54. The van der Waals surface area contributed by atoms with Gasteiger partial charge in [0.15, 0.2) is 0 Å². The summed E-state index contributed by atoms with van der Waals surface area (Å²) in [7, 11) is 0. The summed E-state index contributed by atoms with van der Waals surface area (Å²) >= 11 is 0. The van der Waals surface area contributed by atoms with Gasteiger partial charge in [-0.15, -0.1) is 0 Å². The van der Waals surface area contributed by atoms with E-state index in [4.69, 9.17) is 0 Å². The second-order valence-corrected chi connectivity index (χ2v) is 4.55. The van der Waals surface area contributed by atoms with Crippen molar-refractivity contribution in [3.8, 4) is 0 Å². The third-order valence-corrected chi connectivity index (χ3v) is 2.92. The number of benzene rings is 1. The molecule has 0 aliphatic rings. The third kappa shape index (κ3) is 5.32. The van der Waals surface area contributed by atoms with Crippen molar-refractivity contribution in [1.29, 1.82) is 0 Å². The first-order valence-electron chi connectivity index (χ1n) is 6.61. The maximum atomic E-state index is 3.54. The first-order chi connectivity index (χ1) is 7.86. The molecule has 1 heteroatoms. The molecule has 0 saturated heterocycles. The second kappa shape index (κ2) is 8.35. The van der Waals surface area contributed by atoms with E-state index < -0.39 is 0 Å². The molecule has 0 amide bonds. The van der Waals surface area contributed by atoms with Gasteiger partial charge in [-0.2, -0.15) is 0 Å². The van der Waals surface area contributed by atoms with Crippen LogP contribution in [0.4, 0.5) is 0 Å². The summed E-state index contributed by atoms with van der Waals surface area (Å²) in [4.78, 5) is 0. The minimum atomic E-state index is 0.791. The van der Waals surface area contributed by atoms with Gasteiger partial charge >= 0.3 is 0 Å². The lowest BCUT2D eigenvalue weighted by molar-refractivity contribution is 0.439. The number of rotatable bonds is 8. The zero-order valence-electron chi connectivity index (χ0n) is 10.7. The van der Waals surface area contributed by atoms with Crippen LogP contribution < -0.4 is 5.32 Å². The molecule has 0 radical (unpaired) electrons. The highest BCUT2D eigenvalue weighted by Crippen LogP contribution is 2.13. The van der Waals surface area contributed by atoms with Crippen molar-refractivity contribution in [1.82, 2.24) is 5.32 Å². The molecule has 0 aliphatic carbocycles. The van der Waals surface area contributed by atoms with Crippen LogP contribution >= 0.6 is 0 Å². The van der Waals surface area contributed by atoms with Crippen LogP contribution in [0.5, 0.6) is 0 Å². The molecule has 1 rings (SSSR count). The monoisotopic (exact) mass is 219 g/mol. The lowest BCUT2D eigenvalue weighted by atomic mass is 9.95. The van der Waals surface area contributed by atoms with Gasteiger partial charge in [0.25, 0.3) is 0 Å². The summed E-state index contributed by atoms with van der Waals surface area (Å²) in [5.74, 6) is 0.791. The minimum Gasteiger partial charge on any atom is -0.316 e. The molecule has 0 aromatic heterocycles. The summed E-state index contributed by atoms with van der Waals surface area (Å²) in [6.45, 7) is 6.81. The Bertz CT molecular complexity index is 255. The zero-order valence-corrected chi connectivity index (χ0v) is 10.7. The first kappa shape index (κ1) is 13.2. The lowest BCUT2D eigenvalue weighted by Crippen LogP contribution is -2.24. The molecule has 1 nitrogen and oxygen atoms in total. The Morgan fingerprint density at radius 2 is 1.81 bits per heavy atom. The van der Waals surface area contributed by atoms with E-state index in [1.165, 1.54) is 31.2 Å². The van der Waals surface area contributed by atoms with Crippen LogP contribution in [0.25, 0.3) is 0 Å². The van der Waals surface area contributed by atoms with Crippen LogP contribution in [0.3, 0.4) is 0 Å². The van der Waals surface area contributed by atoms with Crippen molar-refractivity contribution < 1.29 is 0 Å². The highest BCUT2D eigenvalue weighted by atomic mass is 14.8. The Morgan fingerprint density at radius 3 is 2.44 bits per heavy atom. The van der Waals surface area contributed by atoms with Crippen LogP contribution in [0.1, 0.15) is 38.7 Å². The van der Waals surface area contributed by atoms with Gasteiger partial charge in [-0.1, -0.05) is 50.6 Å². The molecule has 1 aromatic carbocycles. The van der Waals surface area contributed by atoms with Crippen LogP contribution in [0.2, 0.25) is 0 Å². The van der Waals surface area contributed by atoms with Crippen molar-refractivity contribution in [2.45, 2.75) is 39.5 Å². The molecule has 0 fully saturated rings. The summed E-state index contributed by atoms with van der Waals surface area (Å²) < 4.78 is 0. The Kier molecular flexibility index (Phi) is 6.91. The molecule has 0 bridgehead atoms. The number of hydrogen-bond donors (Lipinski definition) is 1. The molecule has 90 valence electrons. The summed E-state index contributed by atoms with van der Waals surface area (Å²) in [6, 6.07) is 10.8. The molecule has 1 N–H and O–H groups in total. The maximum Gasteiger partial charge on any atom is -0.00173 e. The third-order valence-electron chi connectivity index (χ3n) is 2.92. The second-order valence-electron chi connectivity index (χ2n) is 4.55. The number of nitrogens with one attached hydrogen (secondary N) is 1. The molecule has 1 atom stereocenters. The van der Waals surface area contributed by atoms with Crippen LogP contribution in [0.15, 0.2) is 30.3 Å². The fourth-order valence-electron chi connectivity index (χ4n) is 2.11. The molecular formula is C15H25N. The highest BCUT2D eigenvalue weighted by molar-refractivity contribution is 5.15. The van der Waals surface area contributed by atoms with E-state index >= 15 is 0 Å². The van der Waals surface area contributed by atoms with Crippen molar-refractivity contribution in [2.24, 2.45) is 5.92 Å². The Balaban J connectivity index is 2.38. The van der Waals surface area contributed by atoms with E-state index in [1.807, 2.05) is 0 Å². The average molecular weight is 219 g/mol. The predicted octanol–water partition coefficient (Wildman–Crippen LogP) is 3.65. The Labute approximate surface area is 100 Å². The van der Waals surface area contributed by atoms with E-state index in [-0.39, 0.29) is 0 Å². The van der Waals surface area contributed by atoms with E-state index in [0.717, 1.165) is 19.0 Å². The van der Waals surface area contributed by atoms with Crippen molar-refractivity contribution >= 4 is 0 Å². The van der Waals surface area contributed by atoms with Crippen LogP contribution in [0, 0.1) is 5.92 Å². The summed E-state index contributed by atoms with van der Waals surface area (Å²) in [5.41, 5.74) is 1.47. The molecule has 0 aliphatic heterocycles. The molecule has 0 spiro atoms. The number of hydrogen-bond acceptors (Lipinski definition) is 1. The zero-order chi connectivity index (χ0) is 11.6. The van der Waals surface area contributed by atoms with Gasteiger partial charge in [-0.05, 0) is 43.8 Å². The fraction of sp³-hybridized carbons (Fsp3) is 0.600. The van der Waals surface area contributed by atoms with Crippen molar-refractivity contribution in [2.75, 3.05) is 13.1 Å². The van der Waals surface area contributed by atoms with E-state index in [0.29, 0.717) is 0 Å². The van der Waals surface area contributed by atoms with Gasteiger partial charge in [0.2, 0.25) is 0 Å². The Morgan fingerprint density at radius 1 is 1.06 bits per heavy atom. The van der Waals surface area contributed by atoms with Crippen molar-refractivity contribution in [3.63, 3.8) is 0 Å². The highest BCUT2D eigenvalue weighted by Gasteiger charge is 2.07. The molecule has 1 unspecified atom stereocenters.